The van der Waals surface area contributed by atoms with Crippen LogP contribution in [0.3, 0.4) is 0 Å². The number of rotatable bonds is 1. The molecule has 0 radical (unpaired) electrons. The van der Waals surface area contributed by atoms with E-state index in [2.05, 4.69) is 18.0 Å². The van der Waals surface area contributed by atoms with Gasteiger partial charge in [-0.05, 0) is 24.6 Å². The summed E-state index contributed by atoms with van der Waals surface area (Å²) < 4.78 is 0. The van der Waals surface area contributed by atoms with Crippen molar-refractivity contribution >= 4 is 11.9 Å². The lowest BCUT2D eigenvalue weighted by Gasteiger charge is -2.27. The molecule has 3 heteroatoms. The first kappa shape index (κ1) is 8.97. The van der Waals surface area contributed by atoms with Crippen LogP contribution in [0.2, 0.25) is 0 Å². The van der Waals surface area contributed by atoms with Crippen molar-refractivity contribution in [1.29, 1.82) is 0 Å². The number of benzene rings is 1. The van der Waals surface area contributed by atoms with Gasteiger partial charge in [0.15, 0.2) is 6.29 Å². The van der Waals surface area contributed by atoms with Crippen molar-refractivity contribution in [3.63, 3.8) is 0 Å². The van der Waals surface area contributed by atoms with Crippen LogP contribution in [0.25, 0.3) is 0 Å². The Balaban J connectivity index is 2.36. The maximum atomic E-state index is 5.86. The van der Waals surface area contributed by atoms with Crippen molar-refractivity contribution in [3.8, 4) is 0 Å². The minimum Gasteiger partial charge on any atom is -0.313 e. The highest BCUT2D eigenvalue weighted by molar-refractivity contribution is 5.75. The highest BCUT2D eigenvalue weighted by Gasteiger charge is 2.13. The van der Waals surface area contributed by atoms with Crippen LogP contribution in [0.5, 0.6) is 0 Å². The van der Waals surface area contributed by atoms with Gasteiger partial charge in [0.05, 0.1) is 0 Å². The highest BCUT2D eigenvalue weighted by Crippen LogP contribution is 2.21. The van der Waals surface area contributed by atoms with E-state index in [0.29, 0.717) is 0 Å². The summed E-state index contributed by atoms with van der Waals surface area (Å²) in [5, 5.41) is 0. The first-order chi connectivity index (χ1) is 6.79. The SMILES string of the molecule is Cc1ccccc1N1C=CC=NC1N. The number of para-hydroxylation sites is 1. The van der Waals surface area contributed by atoms with Crippen molar-refractivity contribution in [1.82, 2.24) is 0 Å². The predicted molar refractivity (Wildman–Crippen MR) is 59.3 cm³/mol. The summed E-state index contributed by atoms with van der Waals surface area (Å²) in [5.74, 6) is 0. The average Bonchev–Trinajstić information content (AvgIpc) is 2.20. The van der Waals surface area contributed by atoms with Gasteiger partial charge in [-0.15, -0.1) is 0 Å². The van der Waals surface area contributed by atoms with Gasteiger partial charge in [-0.25, -0.2) is 0 Å². The van der Waals surface area contributed by atoms with Gasteiger partial charge in [-0.1, -0.05) is 18.2 Å². The highest BCUT2D eigenvalue weighted by atomic mass is 15.3. The number of aliphatic imine (C=N–C) groups is 1. The van der Waals surface area contributed by atoms with Crippen LogP contribution in [0.1, 0.15) is 5.56 Å². The molecule has 0 saturated carbocycles. The number of anilines is 1. The Hall–Kier alpha value is -1.61. The van der Waals surface area contributed by atoms with Gasteiger partial charge in [0.25, 0.3) is 0 Å². The van der Waals surface area contributed by atoms with Crippen molar-refractivity contribution in [2.24, 2.45) is 10.7 Å². The van der Waals surface area contributed by atoms with E-state index in [1.54, 1.807) is 6.21 Å². The Labute approximate surface area is 83.6 Å². The molecule has 1 aliphatic rings. The molecule has 3 nitrogen and oxygen atoms in total. The summed E-state index contributed by atoms with van der Waals surface area (Å²) in [6.07, 6.45) is 5.25. The number of aryl methyl sites for hydroxylation is 1. The molecule has 1 aromatic carbocycles. The Morgan fingerprint density at radius 2 is 2.14 bits per heavy atom. The summed E-state index contributed by atoms with van der Waals surface area (Å²) in [5.41, 5.74) is 8.16. The fourth-order valence-corrected chi connectivity index (χ4v) is 1.51. The molecule has 0 aliphatic carbocycles. The second-order valence-electron chi connectivity index (χ2n) is 3.25. The van der Waals surface area contributed by atoms with Crippen molar-refractivity contribution in [2.75, 3.05) is 4.90 Å². The van der Waals surface area contributed by atoms with Crippen molar-refractivity contribution in [2.45, 2.75) is 13.2 Å². The van der Waals surface area contributed by atoms with Gasteiger partial charge in [-0.3, -0.25) is 10.7 Å². The van der Waals surface area contributed by atoms with Gasteiger partial charge in [0.2, 0.25) is 0 Å². The van der Waals surface area contributed by atoms with E-state index in [4.69, 9.17) is 5.73 Å². The monoisotopic (exact) mass is 187 g/mol. The van der Waals surface area contributed by atoms with Crippen LogP contribution in [0.4, 0.5) is 5.69 Å². The minimum absolute atomic E-state index is 0.305. The summed E-state index contributed by atoms with van der Waals surface area (Å²) in [6.45, 7) is 2.06. The van der Waals surface area contributed by atoms with E-state index >= 15 is 0 Å². The average molecular weight is 187 g/mol. The number of allylic oxidation sites excluding steroid dienone is 1. The third-order valence-corrected chi connectivity index (χ3v) is 2.25. The summed E-state index contributed by atoms with van der Waals surface area (Å²) in [4.78, 5) is 6.07. The topological polar surface area (TPSA) is 41.6 Å². The summed E-state index contributed by atoms with van der Waals surface area (Å²) in [7, 11) is 0. The molecule has 0 spiro atoms. The predicted octanol–water partition coefficient (Wildman–Crippen LogP) is 1.64. The van der Waals surface area contributed by atoms with E-state index in [-0.39, 0.29) is 6.29 Å². The third kappa shape index (κ3) is 1.54. The molecular formula is C11H13N3. The van der Waals surface area contributed by atoms with Crippen LogP contribution in [0.15, 0.2) is 41.5 Å². The molecule has 1 atom stereocenters. The van der Waals surface area contributed by atoms with E-state index in [1.165, 1.54) is 5.56 Å². The third-order valence-electron chi connectivity index (χ3n) is 2.25. The first-order valence-electron chi connectivity index (χ1n) is 4.58. The van der Waals surface area contributed by atoms with Crippen LogP contribution in [-0.2, 0) is 0 Å². The molecule has 1 unspecified atom stereocenters. The Morgan fingerprint density at radius 1 is 1.36 bits per heavy atom. The quantitative estimate of drug-likeness (QED) is 0.726. The normalized spacial score (nSPS) is 20.1. The van der Waals surface area contributed by atoms with Crippen LogP contribution >= 0.6 is 0 Å². The molecule has 0 amide bonds. The lowest BCUT2D eigenvalue weighted by Crippen LogP contribution is -2.38. The largest absolute Gasteiger partial charge is 0.313 e. The zero-order valence-electron chi connectivity index (χ0n) is 8.09. The van der Waals surface area contributed by atoms with Crippen LogP contribution in [0, 0.1) is 6.92 Å². The zero-order valence-corrected chi connectivity index (χ0v) is 8.09. The molecule has 1 aliphatic heterocycles. The molecule has 2 N–H and O–H groups in total. The maximum absolute atomic E-state index is 5.86. The number of hydrogen-bond acceptors (Lipinski definition) is 3. The van der Waals surface area contributed by atoms with E-state index < -0.39 is 0 Å². The number of nitrogens with zero attached hydrogens (tertiary/aromatic N) is 2. The molecule has 0 saturated heterocycles. The van der Waals surface area contributed by atoms with Gasteiger partial charge in [0, 0.05) is 18.1 Å². The second kappa shape index (κ2) is 3.64. The zero-order chi connectivity index (χ0) is 9.97. The molecule has 0 fully saturated rings. The lowest BCUT2D eigenvalue weighted by molar-refractivity contribution is 0.709. The molecule has 14 heavy (non-hydrogen) atoms. The first-order valence-corrected chi connectivity index (χ1v) is 4.58. The van der Waals surface area contributed by atoms with Crippen LogP contribution < -0.4 is 10.6 Å². The summed E-state index contributed by atoms with van der Waals surface area (Å²) >= 11 is 0. The smallest absolute Gasteiger partial charge is 0.177 e. The Bertz CT molecular complexity index is 382. The fourth-order valence-electron chi connectivity index (χ4n) is 1.51. The molecule has 0 bridgehead atoms. The van der Waals surface area contributed by atoms with Crippen LogP contribution in [-0.4, -0.2) is 12.5 Å². The van der Waals surface area contributed by atoms with E-state index in [0.717, 1.165) is 5.69 Å². The maximum Gasteiger partial charge on any atom is 0.177 e. The van der Waals surface area contributed by atoms with Gasteiger partial charge >= 0.3 is 0 Å². The second-order valence-corrected chi connectivity index (χ2v) is 3.25. The molecule has 1 heterocycles. The van der Waals surface area contributed by atoms with Gasteiger partial charge < -0.3 is 4.90 Å². The van der Waals surface area contributed by atoms with E-state index in [9.17, 15) is 0 Å². The lowest BCUT2D eigenvalue weighted by atomic mass is 10.2. The van der Waals surface area contributed by atoms with Gasteiger partial charge in [-0.2, -0.15) is 0 Å². The van der Waals surface area contributed by atoms with E-state index in [1.807, 2.05) is 35.4 Å². The standard InChI is InChI=1S/C11H13N3/c1-9-5-2-3-6-10(9)14-8-4-7-13-11(14)12/h2-8,11H,12H2,1H3. The van der Waals surface area contributed by atoms with Gasteiger partial charge in [0.1, 0.15) is 0 Å². The molecule has 72 valence electrons. The molecule has 1 aromatic rings. The fraction of sp³-hybridized carbons (Fsp3) is 0.182. The number of hydrogen-bond donors (Lipinski definition) is 1. The minimum atomic E-state index is -0.305. The molecule has 2 rings (SSSR count). The van der Waals surface area contributed by atoms with Crippen molar-refractivity contribution < 1.29 is 0 Å². The van der Waals surface area contributed by atoms with Crippen molar-refractivity contribution in [3.05, 3.63) is 42.1 Å². The molecule has 0 aromatic heterocycles. The number of nitrogens with two attached hydrogens (primary N) is 1. The Morgan fingerprint density at radius 3 is 2.86 bits per heavy atom. The summed E-state index contributed by atoms with van der Waals surface area (Å²) in [6, 6.07) is 8.12. The Kier molecular flexibility index (Phi) is 2.33. The molecular weight excluding hydrogens is 174 g/mol.